The predicted molar refractivity (Wildman–Crippen MR) is 82.1 cm³/mol. The second-order valence-electron chi connectivity index (χ2n) is 5.87. The summed E-state index contributed by atoms with van der Waals surface area (Å²) in [6.45, 7) is 0.785. The minimum Gasteiger partial charge on any atom is -0.339 e. The molecule has 0 unspecified atom stereocenters. The number of unbranched alkanes of at least 4 members (excludes halogenated alkanes) is 3. The van der Waals surface area contributed by atoms with E-state index in [1.54, 1.807) is 0 Å². The molecule has 0 atom stereocenters. The fourth-order valence-corrected chi connectivity index (χ4v) is 3.05. The van der Waals surface area contributed by atoms with Crippen molar-refractivity contribution in [3.05, 3.63) is 47.1 Å². The van der Waals surface area contributed by atoms with Crippen LogP contribution in [0.3, 0.4) is 0 Å². The van der Waals surface area contributed by atoms with Gasteiger partial charge in [0.2, 0.25) is 5.89 Å². The van der Waals surface area contributed by atoms with Gasteiger partial charge in [-0.2, -0.15) is 4.98 Å². The maximum atomic E-state index is 5.49. The highest BCUT2D eigenvalue weighted by atomic mass is 16.5. The molecule has 3 rings (SSSR count). The lowest BCUT2D eigenvalue weighted by Crippen LogP contribution is -2.00. The molecule has 0 spiro atoms. The van der Waals surface area contributed by atoms with E-state index in [9.17, 15) is 0 Å². The van der Waals surface area contributed by atoms with Crippen LogP contribution in [0.5, 0.6) is 0 Å². The van der Waals surface area contributed by atoms with Gasteiger partial charge in [-0.1, -0.05) is 42.3 Å². The Labute approximate surface area is 125 Å². The topological polar surface area (TPSA) is 64.9 Å². The maximum absolute atomic E-state index is 5.49. The average Bonchev–Trinajstić information content (AvgIpc) is 3.13. The molecule has 112 valence electrons. The van der Waals surface area contributed by atoms with Crippen molar-refractivity contribution in [3.63, 3.8) is 0 Å². The molecule has 0 bridgehead atoms. The lowest BCUT2D eigenvalue weighted by molar-refractivity contribution is 0.365. The predicted octanol–water partition coefficient (Wildman–Crippen LogP) is 3.01. The second-order valence-corrected chi connectivity index (χ2v) is 5.87. The minimum absolute atomic E-state index is 0.386. The Kier molecular flexibility index (Phi) is 4.65. The van der Waals surface area contributed by atoms with Gasteiger partial charge in [-0.3, -0.25) is 0 Å². The molecule has 21 heavy (non-hydrogen) atoms. The zero-order valence-electron chi connectivity index (χ0n) is 12.4. The highest BCUT2D eigenvalue weighted by Crippen LogP contribution is 2.32. The van der Waals surface area contributed by atoms with Crippen molar-refractivity contribution in [1.82, 2.24) is 10.1 Å². The van der Waals surface area contributed by atoms with Crippen LogP contribution in [0.1, 0.15) is 54.4 Å². The van der Waals surface area contributed by atoms with Gasteiger partial charge < -0.3 is 10.3 Å². The van der Waals surface area contributed by atoms with Crippen molar-refractivity contribution in [3.8, 4) is 0 Å². The number of aryl methyl sites for hydroxylation is 1. The van der Waals surface area contributed by atoms with Crippen molar-refractivity contribution < 1.29 is 4.52 Å². The van der Waals surface area contributed by atoms with Gasteiger partial charge in [0.1, 0.15) is 0 Å². The number of hydrogen-bond donors (Lipinski definition) is 1. The summed E-state index contributed by atoms with van der Waals surface area (Å²) in [5.41, 5.74) is 8.34. The number of nitrogens with zero attached hydrogens (tertiary/aromatic N) is 2. The third kappa shape index (κ3) is 3.50. The number of rotatable bonds is 7. The van der Waals surface area contributed by atoms with E-state index in [1.165, 1.54) is 24.0 Å². The Morgan fingerprint density at radius 2 is 1.76 bits per heavy atom. The highest BCUT2D eigenvalue weighted by Gasteiger charge is 2.26. The molecule has 2 N–H and O–H groups in total. The molecular weight excluding hydrogens is 262 g/mol. The molecule has 1 aliphatic carbocycles. The molecule has 1 aromatic heterocycles. The third-order valence-electron chi connectivity index (χ3n) is 4.24. The molecule has 4 heteroatoms. The van der Waals surface area contributed by atoms with E-state index >= 15 is 0 Å². The van der Waals surface area contributed by atoms with Crippen LogP contribution >= 0.6 is 0 Å². The summed E-state index contributed by atoms with van der Waals surface area (Å²) >= 11 is 0. The molecule has 0 radical (unpaired) electrons. The van der Waals surface area contributed by atoms with Crippen LogP contribution in [0.15, 0.2) is 28.8 Å². The van der Waals surface area contributed by atoms with E-state index in [0.29, 0.717) is 5.92 Å². The molecule has 0 aliphatic heterocycles. The van der Waals surface area contributed by atoms with E-state index in [1.807, 2.05) is 0 Å². The summed E-state index contributed by atoms with van der Waals surface area (Å²) in [6, 6.07) is 8.61. The first kappa shape index (κ1) is 14.3. The normalized spacial score (nSPS) is 14.5. The quantitative estimate of drug-likeness (QED) is 0.794. The summed E-state index contributed by atoms with van der Waals surface area (Å²) in [4.78, 5) is 4.59. The number of hydrogen-bond acceptors (Lipinski definition) is 4. The summed E-state index contributed by atoms with van der Waals surface area (Å²) in [5.74, 6) is 2.05. The van der Waals surface area contributed by atoms with Crippen LogP contribution in [0.2, 0.25) is 0 Å². The van der Waals surface area contributed by atoms with Gasteiger partial charge in [-0.25, -0.2) is 0 Å². The monoisotopic (exact) mass is 285 g/mol. The van der Waals surface area contributed by atoms with Crippen molar-refractivity contribution in [2.75, 3.05) is 6.54 Å². The van der Waals surface area contributed by atoms with Gasteiger partial charge in [0.25, 0.3) is 0 Å². The third-order valence-corrected chi connectivity index (χ3v) is 4.24. The fraction of sp³-hybridized carbons (Fsp3) is 0.529. The number of aromatic nitrogens is 2. The average molecular weight is 285 g/mol. The molecule has 0 fully saturated rings. The van der Waals surface area contributed by atoms with Crippen molar-refractivity contribution >= 4 is 0 Å². The molecule has 1 aromatic carbocycles. The minimum atomic E-state index is 0.386. The SMILES string of the molecule is NCCCCCCc1nc(C2Cc3ccccc3C2)no1. The van der Waals surface area contributed by atoms with E-state index in [0.717, 1.165) is 50.4 Å². The van der Waals surface area contributed by atoms with Crippen molar-refractivity contribution in [2.24, 2.45) is 5.73 Å². The van der Waals surface area contributed by atoms with Crippen LogP contribution in [-0.4, -0.2) is 16.7 Å². The number of benzene rings is 1. The summed E-state index contributed by atoms with van der Waals surface area (Å²) in [7, 11) is 0. The first-order valence-corrected chi connectivity index (χ1v) is 7.96. The zero-order valence-corrected chi connectivity index (χ0v) is 12.4. The molecule has 1 aliphatic rings. The largest absolute Gasteiger partial charge is 0.339 e. The van der Waals surface area contributed by atoms with Gasteiger partial charge in [0, 0.05) is 12.3 Å². The summed E-state index contributed by atoms with van der Waals surface area (Å²) in [5, 5.41) is 4.19. The van der Waals surface area contributed by atoms with Crippen molar-refractivity contribution in [2.45, 2.75) is 50.9 Å². The van der Waals surface area contributed by atoms with E-state index in [-0.39, 0.29) is 0 Å². The lowest BCUT2D eigenvalue weighted by Gasteiger charge is -2.00. The first-order valence-electron chi connectivity index (χ1n) is 7.96. The molecule has 2 aromatic rings. The molecule has 0 saturated carbocycles. The van der Waals surface area contributed by atoms with Gasteiger partial charge in [-0.05, 0) is 43.4 Å². The van der Waals surface area contributed by atoms with E-state index in [4.69, 9.17) is 10.3 Å². The molecular formula is C17H23N3O. The van der Waals surface area contributed by atoms with Crippen LogP contribution in [0.4, 0.5) is 0 Å². The number of fused-ring (bicyclic) bond motifs is 1. The maximum Gasteiger partial charge on any atom is 0.226 e. The Bertz CT molecular complexity index is 554. The van der Waals surface area contributed by atoms with Gasteiger partial charge >= 0.3 is 0 Å². The Morgan fingerprint density at radius 1 is 1.05 bits per heavy atom. The standard InChI is InChI=1S/C17H23N3O/c18-10-6-2-1-3-9-16-19-17(20-21-16)15-11-13-7-4-5-8-14(13)12-15/h4-5,7-8,15H,1-3,6,9-12,18H2. The first-order chi connectivity index (χ1) is 10.4. The summed E-state index contributed by atoms with van der Waals surface area (Å²) in [6.07, 6.45) is 7.54. The Balaban J connectivity index is 1.52. The van der Waals surface area contributed by atoms with Crippen LogP contribution < -0.4 is 5.73 Å². The van der Waals surface area contributed by atoms with Crippen molar-refractivity contribution in [1.29, 1.82) is 0 Å². The number of nitrogens with two attached hydrogens (primary N) is 1. The molecule has 4 nitrogen and oxygen atoms in total. The smallest absolute Gasteiger partial charge is 0.226 e. The molecule has 0 saturated heterocycles. The molecule has 1 heterocycles. The van der Waals surface area contributed by atoms with Crippen LogP contribution in [0, 0.1) is 0 Å². The van der Waals surface area contributed by atoms with Gasteiger partial charge in [-0.15, -0.1) is 0 Å². The highest BCUT2D eigenvalue weighted by molar-refractivity contribution is 5.34. The summed E-state index contributed by atoms with van der Waals surface area (Å²) < 4.78 is 5.40. The molecule has 0 amide bonds. The van der Waals surface area contributed by atoms with Gasteiger partial charge in [0.15, 0.2) is 5.82 Å². The Morgan fingerprint density at radius 3 is 2.48 bits per heavy atom. The van der Waals surface area contributed by atoms with E-state index < -0.39 is 0 Å². The fourth-order valence-electron chi connectivity index (χ4n) is 3.05. The van der Waals surface area contributed by atoms with Crippen LogP contribution in [0.25, 0.3) is 0 Å². The lowest BCUT2D eigenvalue weighted by atomic mass is 10.1. The zero-order chi connectivity index (χ0) is 14.5. The van der Waals surface area contributed by atoms with Gasteiger partial charge in [0.05, 0.1) is 0 Å². The van der Waals surface area contributed by atoms with Crippen LogP contribution in [-0.2, 0) is 19.3 Å². The Hall–Kier alpha value is -1.68. The second kappa shape index (κ2) is 6.85. The van der Waals surface area contributed by atoms with E-state index in [2.05, 4.69) is 34.4 Å².